The van der Waals surface area contributed by atoms with Crippen LogP contribution in [-0.2, 0) is 6.42 Å². The van der Waals surface area contributed by atoms with Gasteiger partial charge in [-0.1, -0.05) is 88.1 Å². The monoisotopic (exact) mass is 464 g/mol. The maximum absolute atomic E-state index is 15.0. The van der Waals surface area contributed by atoms with Crippen molar-refractivity contribution in [2.24, 2.45) is 5.92 Å². The van der Waals surface area contributed by atoms with Crippen LogP contribution >= 0.6 is 0 Å². The molecule has 0 radical (unpaired) electrons. The van der Waals surface area contributed by atoms with Gasteiger partial charge in [0.05, 0.1) is 0 Å². The summed E-state index contributed by atoms with van der Waals surface area (Å²) in [5.41, 5.74) is 3.35. The van der Waals surface area contributed by atoms with E-state index in [0.717, 1.165) is 11.5 Å². The van der Waals surface area contributed by atoms with Crippen LogP contribution in [0.2, 0.25) is 0 Å². The maximum Gasteiger partial charge on any atom is 0.166 e. The molecule has 0 spiro atoms. The second-order valence-electron chi connectivity index (χ2n) is 9.78. The van der Waals surface area contributed by atoms with E-state index in [-0.39, 0.29) is 5.56 Å². The van der Waals surface area contributed by atoms with E-state index in [1.54, 1.807) is 25.1 Å². The Hall–Kier alpha value is -2.55. The highest BCUT2D eigenvalue weighted by Gasteiger charge is 2.22. The molecule has 0 bridgehead atoms. The van der Waals surface area contributed by atoms with Gasteiger partial charge in [-0.3, -0.25) is 0 Å². The molecule has 3 heteroatoms. The van der Waals surface area contributed by atoms with Crippen LogP contribution in [0.25, 0.3) is 22.3 Å². The minimum atomic E-state index is -0.920. The summed E-state index contributed by atoms with van der Waals surface area (Å²) in [4.78, 5) is 0. The standard InChI is InChI=1S/C31H35F3/c1-3-5-6-7-21-8-10-23(11-9-21)24-12-14-25(15-13-24)27-18-17-26(20-29(27)32)28-19-16-22(4-2)30(33)31(28)34/h12-21,23H,3-11H2,1-2H3. The van der Waals surface area contributed by atoms with E-state index in [0.29, 0.717) is 29.0 Å². The van der Waals surface area contributed by atoms with E-state index in [1.165, 1.54) is 69.1 Å². The lowest BCUT2D eigenvalue weighted by Gasteiger charge is -2.29. The maximum atomic E-state index is 15.0. The molecule has 3 aromatic rings. The van der Waals surface area contributed by atoms with Gasteiger partial charge in [-0.15, -0.1) is 0 Å². The Morgan fingerprint density at radius 3 is 2.03 bits per heavy atom. The zero-order chi connectivity index (χ0) is 24.1. The molecule has 0 aromatic heterocycles. The molecule has 180 valence electrons. The summed E-state index contributed by atoms with van der Waals surface area (Å²) in [6.45, 7) is 4.03. The van der Waals surface area contributed by atoms with Crippen molar-refractivity contribution >= 4 is 0 Å². The number of benzene rings is 3. The van der Waals surface area contributed by atoms with Gasteiger partial charge in [0.2, 0.25) is 0 Å². The predicted octanol–water partition coefficient (Wildman–Crippen LogP) is 9.85. The van der Waals surface area contributed by atoms with Crippen LogP contribution in [0.3, 0.4) is 0 Å². The summed E-state index contributed by atoms with van der Waals surface area (Å²) in [6, 6.07) is 15.9. The van der Waals surface area contributed by atoms with E-state index in [1.807, 2.05) is 12.1 Å². The summed E-state index contributed by atoms with van der Waals surface area (Å²) < 4.78 is 43.7. The predicted molar refractivity (Wildman–Crippen MR) is 135 cm³/mol. The van der Waals surface area contributed by atoms with E-state index in [9.17, 15) is 8.78 Å². The lowest BCUT2D eigenvalue weighted by atomic mass is 9.77. The SMILES string of the molecule is CCCCCC1CCC(c2ccc(-c3ccc(-c4ccc(CC)c(F)c4F)cc3F)cc2)CC1. The molecule has 34 heavy (non-hydrogen) atoms. The van der Waals surface area contributed by atoms with Crippen molar-refractivity contribution in [3.63, 3.8) is 0 Å². The largest absolute Gasteiger partial charge is 0.206 e. The van der Waals surface area contributed by atoms with Gasteiger partial charge in [0.15, 0.2) is 11.6 Å². The molecular weight excluding hydrogens is 429 g/mol. The molecule has 0 saturated heterocycles. The Morgan fingerprint density at radius 2 is 1.38 bits per heavy atom. The molecule has 0 nitrogen and oxygen atoms in total. The fourth-order valence-corrected chi connectivity index (χ4v) is 5.40. The van der Waals surface area contributed by atoms with Crippen LogP contribution in [0.4, 0.5) is 13.2 Å². The van der Waals surface area contributed by atoms with Crippen molar-refractivity contribution in [3.05, 3.63) is 83.2 Å². The quantitative estimate of drug-likeness (QED) is 0.291. The minimum Gasteiger partial charge on any atom is -0.206 e. The van der Waals surface area contributed by atoms with Crippen molar-refractivity contribution < 1.29 is 13.2 Å². The zero-order valence-electron chi connectivity index (χ0n) is 20.3. The number of hydrogen-bond donors (Lipinski definition) is 0. The molecule has 0 unspecified atom stereocenters. The smallest absolute Gasteiger partial charge is 0.166 e. The van der Waals surface area contributed by atoms with Gasteiger partial charge in [0, 0.05) is 11.1 Å². The van der Waals surface area contributed by atoms with Gasteiger partial charge in [0.25, 0.3) is 0 Å². The first-order valence-corrected chi connectivity index (χ1v) is 12.9. The lowest BCUT2D eigenvalue weighted by Crippen LogP contribution is -2.13. The van der Waals surface area contributed by atoms with Crippen LogP contribution in [-0.4, -0.2) is 0 Å². The van der Waals surface area contributed by atoms with Gasteiger partial charge < -0.3 is 0 Å². The molecule has 4 rings (SSSR count). The van der Waals surface area contributed by atoms with Gasteiger partial charge in [-0.2, -0.15) is 0 Å². The molecular formula is C31H35F3. The fraction of sp³-hybridized carbons (Fsp3) is 0.419. The molecule has 1 fully saturated rings. The van der Waals surface area contributed by atoms with Crippen molar-refractivity contribution in [1.82, 2.24) is 0 Å². The molecule has 0 amide bonds. The highest BCUT2D eigenvalue weighted by atomic mass is 19.2. The van der Waals surface area contributed by atoms with E-state index in [2.05, 4.69) is 19.1 Å². The molecule has 0 atom stereocenters. The zero-order valence-corrected chi connectivity index (χ0v) is 20.3. The van der Waals surface area contributed by atoms with Crippen LogP contribution in [0.15, 0.2) is 54.6 Å². The van der Waals surface area contributed by atoms with Gasteiger partial charge in [-0.05, 0) is 72.3 Å². The number of hydrogen-bond acceptors (Lipinski definition) is 0. The number of rotatable bonds is 8. The Labute approximate surface area is 202 Å². The van der Waals surface area contributed by atoms with Crippen molar-refractivity contribution in [3.8, 4) is 22.3 Å². The molecule has 1 saturated carbocycles. The highest BCUT2D eigenvalue weighted by molar-refractivity contribution is 5.71. The van der Waals surface area contributed by atoms with Crippen molar-refractivity contribution in [1.29, 1.82) is 0 Å². The number of halogens is 3. The third kappa shape index (κ3) is 5.40. The summed E-state index contributed by atoms with van der Waals surface area (Å²) >= 11 is 0. The molecule has 1 aliphatic rings. The van der Waals surface area contributed by atoms with Gasteiger partial charge in [-0.25, -0.2) is 13.2 Å². The molecule has 0 aliphatic heterocycles. The first-order valence-electron chi connectivity index (χ1n) is 12.9. The second-order valence-corrected chi connectivity index (χ2v) is 9.78. The Bertz CT molecular complexity index is 1090. The third-order valence-electron chi connectivity index (χ3n) is 7.58. The normalized spacial score (nSPS) is 18.3. The van der Waals surface area contributed by atoms with E-state index >= 15 is 4.39 Å². The summed E-state index contributed by atoms with van der Waals surface area (Å²) in [5, 5.41) is 0. The second kappa shape index (κ2) is 11.3. The van der Waals surface area contributed by atoms with Crippen molar-refractivity contribution in [2.75, 3.05) is 0 Å². The molecule has 0 heterocycles. The topological polar surface area (TPSA) is 0 Å². The Balaban J connectivity index is 1.45. The van der Waals surface area contributed by atoms with Crippen LogP contribution < -0.4 is 0 Å². The lowest BCUT2D eigenvalue weighted by molar-refractivity contribution is 0.303. The summed E-state index contributed by atoms with van der Waals surface area (Å²) in [5.74, 6) is -0.734. The number of unbranched alkanes of at least 4 members (excludes halogenated alkanes) is 2. The van der Waals surface area contributed by atoms with E-state index in [4.69, 9.17) is 0 Å². The first kappa shape index (κ1) is 24.6. The average Bonchev–Trinajstić information content (AvgIpc) is 2.86. The Kier molecular flexibility index (Phi) is 8.13. The highest BCUT2D eigenvalue weighted by Crippen LogP contribution is 2.38. The van der Waals surface area contributed by atoms with Gasteiger partial charge in [0.1, 0.15) is 5.82 Å². The van der Waals surface area contributed by atoms with Crippen LogP contribution in [0, 0.1) is 23.4 Å². The Morgan fingerprint density at radius 1 is 0.706 bits per heavy atom. The van der Waals surface area contributed by atoms with Crippen LogP contribution in [0.1, 0.15) is 82.3 Å². The minimum absolute atomic E-state index is 0.0841. The van der Waals surface area contributed by atoms with E-state index < -0.39 is 17.5 Å². The van der Waals surface area contributed by atoms with Gasteiger partial charge >= 0.3 is 0 Å². The molecule has 0 N–H and O–H groups in total. The average molecular weight is 465 g/mol. The number of aryl methyl sites for hydroxylation is 1. The molecule has 3 aromatic carbocycles. The summed E-state index contributed by atoms with van der Waals surface area (Å²) in [6.07, 6.45) is 10.8. The fourth-order valence-electron chi connectivity index (χ4n) is 5.40. The molecule has 1 aliphatic carbocycles. The van der Waals surface area contributed by atoms with Crippen molar-refractivity contribution in [2.45, 2.75) is 77.6 Å². The first-order chi connectivity index (χ1) is 16.5. The summed E-state index contributed by atoms with van der Waals surface area (Å²) in [7, 11) is 0. The van der Waals surface area contributed by atoms with Crippen LogP contribution in [0.5, 0.6) is 0 Å². The third-order valence-corrected chi connectivity index (χ3v) is 7.58.